The van der Waals surface area contributed by atoms with Gasteiger partial charge in [-0.1, -0.05) is 11.2 Å². The molecule has 17 heavy (non-hydrogen) atoms. The predicted molar refractivity (Wildman–Crippen MR) is 62.6 cm³/mol. The van der Waals surface area contributed by atoms with Crippen molar-refractivity contribution in [3.63, 3.8) is 0 Å². The van der Waals surface area contributed by atoms with Gasteiger partial charge in [-0.2, -0.15) is 4.98 Å². The van der Waals surface area contributed by atoms with E-state index in [-0.39, 0.29) is 12.1 Å². The summed E-state index contributed by atoms with van der Waals surface area (Å²) in [6, 6.07) is 3.58. The summed E-state index contributed by atoms with van der Waals surface area (Å²) < 4.78 is 10.7. The zero-order valence-corrected chi connectivity index (χ0v) is 10.0. The van der Waals surface area contributed by atoms with E-state index in [9.17, 15) is 0 Å². The van der Waals surface area contributed by atoms with Gasteiger partial charge < -0.3 is 15.0 Å². The Labute approximate surface area is 103 Å². The van der Waals surface area contributed by atoms with Crippen LogP contribution in [0.3, 0.4) is 0 Å². The van der Waals surface area contributed by atoms with Crippen molar-refractivity contribution in [2.45, 2.75) is 25.0 Å². The van der Waals surface area contributed by atoms with Crippen LogP contribution < -0.4 is 5.73 Å². The van der Waals surface area contributed by atoms with Gasteiger partial charge in [0, 0.05) is 11.5 Å². The molecule has 2 N–H and O–H groups in total. The van der Waals surface area contributed by atoms with Crippen molar-refractivity contribution < 1.29 is 9.26 Å². The highest BCUT2D eigenvalue weighted by Gasteiger charge is 2.25. The molecule has 1 fully saturated rings. The average Bonchev–Trinajstić information content (AvgIpc) is 3.09. The molecule has 2 aromatic heterocycles. The topological polar surface area (TPSA) is 74.2 Å². The normalized spacial score (nSPS) is 21.8. The first-order chi connectivity index (χ1) is 8.34. The number of nitrogens with zero attached hydrogens (tertiary/aromatic N) is 2. The van der Waals surface area contributed by atoms with Crippen molar-refractivity contribution in [1.82, 2.24) is 10.1 Å². The fourth-order valence-corrected chi connectivity index (χ4v) is 2.59. The van der Waals surface area contributed by atoms with Gasteiger partial charge in [-0.3, -0.25) is 0 Å². The standard InChI is InChI=1S/C11H13N3O2S/c12-9(8-4-2-6-17-8)11-13-10(14-16-11)7-3-1-5-15-7/h2,4,6-7,9H,1,3,5,12H2. The maximum atomic E-state index is 6.05. The predicted octanol–water partition coefficient (Wildman–Crippen LogP) is 2.03. The summed E-state index contributed by atoms with van der Waals surface area (Å²) in [5.74, 6) is 1.07. The molecule has 0 bridgehead atoms. The Balaban J connectivity index is 1.80. The van der Waals surface area contributed by atoms with Gasteiger partial charge in [0.15, 0.2) is 0 Å². The Bertz CT molecular complexity index is 477. The van der Waals surface area contributed by atoms with Crippen molar-refractivity contribution in [2.75, 3.05) is 6.61 Å². The molecule has 0 radical (unpaired) electrons. The minimum atomic E-state index is -0.336. The van der Waals surface area contributed by atoms with Crippen LogP contribution in [-0.2, 0) is 4.74 Å². The second kappa shape index (κ2) is 4.56. The van der Waals surface area contributed by atoms with Gasteiger partial charge in [-0.05, 0) is 24.3 Å². The van der Waals surface area contributed by atoms with Crippen molar-refractivity contribution in [1.29, 1.82) is 0 Å². The van der Waals surface area contributed by atoms with E-state index in [2.05, 4.69) is 10.1 Å². The average molecular weight is 251 g/mol. The highest BCUT2D eigenvalue weighted by atomic mass is 32.1. The molecule has 3 heterocycles. The molecule has 2 atom stereocenters. The van der Waals surface area contributed by atoms with E-state index in [0.29, 0.717) is 11.7 Å². The number of nitrogens with two attached hydrogens (primary N) is 1. The van der Waals surface area contributed by atoms with Crippen molar-refractivity contribution in [2.24, 2.45) is 5.73 Å². The molecule has 5 nitrogen and oxygen atoms in total. The molecule has 0 amide bonds. The Kier molecular flexibility index (Phi) is 2.92. The molecular weight excluding hydrogens is 238 g/mol. The van der Waals surface area contributed by atoms with Crippen molar-refractivity contribution in [3.05, 3.63) is 34.1 Å². The molecule has 0 aliphatic carbocycles. The van der Waals surface area contributed by atoms with Gasteiger partial charge in [-0.15, -0.1) is 11.3 Å². The maximum absolute atomic E-state index is 6.05. The first kappa shape index (κ1) is 10.9. The number of hydrogen-bond acceptors (Lipinski definition) is 6. The molecule has 1 saturated heterocycles. The SMILES string of the molecule is NC(c1nc(C2CCCO2)no1)c1cccs1. The molecule has 0 aromatic carbocycles. The van der Waals surface area contributed by atoms with Crippen LogP contribution in [0, 0.1) is 0 Å². The third-order valence-corrected chi connectivity index (χ3v) is 3.75. The second-order valence-electron chi connectivity index (χ2n) is 3.99. The van der Waals surface area contributed by atoms with Gasteiger partial charge in [0.05, 0.1) is 0 Å². The molecule has 2 aromatic rings. The lowest BCUT2D eigenvalue weighted by Gasteiger charge is -2.03. The van der Waals surface area contributed by atoms with E-state index in [4.69, 9.17) is 15.0 Å². The molecule has 3 rings (SSSR count). The minimum absolute atomic E-state index is 0.0250. The summed E-state index contributed by atoms with van der Waals surface area (Å²) in [7, 11) is 0. The minimum Gasteiger partial charge on any atom is -0.370 e. The first-order valence-corrected chi connectivity index (χ1v) is 6.46. The van der Waals surface area contributed by atoms with Crippen LogP contribution in [0.5, 0.6) is 0 Å². The zero-order valence-electron chi connectivity index (χ0n) is 9.20. The lowest BCUT2D eigenvalue weighted by atomic mass is 10.2. The van der Waals surface area contributed by atoms with Gasteiger partial charge in [-0.25, -0.2) is 0 Å². The lowest BCUT2D eigenvalue weighted by Crippen LogP contribution is -2.11. The summed E-state index contributed by atoms with van der Waals surface area (Å²) in [5.41, 5.74) is 6.05. The lowest BCUT2D eigenvalue weighted by molar-refractivity contribution is 0.103. The number of thiophene rings is 1. The third kappa shape index (κ3) is 2.11. The van der Waals surface area contributed by atoms with E-state index < -0.39 is 0 Å². The second-order valence-corrected chi connectivity index (χ2v) is 4.96. The van der Waals surface area contributed by atoms with E-state index in [0.717, 1.165) is 24.3 Å². The quantitative estimate of drug-likeness (QED) is 0.903. The largest absolute Gasteiger partial charge is 0.370 e. The third-order valence-electron chi connectivity index (χ3n) is 2.79. The molecular formula is C11H13N3O2S. The van der Waals surface area contributed by atoms with Crippen LogP contribution in [0.25, 0.3) is 0 Å². The summed E-state index contributed by atoms with van der Waals surface area (Å²) in [6.45, 7) is 0.769. The maximum Gasteiger partial charge on any atom is 0.249 e. The fraction of sp³-hybridized carbons (Fsp3) is 0.455. The molecule has 1 aliphatic rings. The molecule has 0 saturated carbocycles. The number of aromatic nitrogens is 2. The van der Waals surface area contributed by atoms with Gasteiger partial charge in [0.2, 0.25) is 11.7 Å². The monoisotopic (exact) mass is 251 g/mol. The summed E-state index contributed by atoms with van der Waals surface area (Å²) in [6.07, 6.45) is 1.97. The summed E-state index contributed by atoms with van der Waals surface area (Å²) >= 11 is 1.58. The summed E-state index contributed by atoms with van der Waals surface area (Å²) in [5, 5.41) is 5.92. The van der Waals surface area contributed by atoms with Crippen LogP contribution in [0.2, 0.25) is 0 Å². The van der Waals surface area contributed by atoms with E-state index >= 15 is 0 Å². The number of rotatable bonds is 3. The highest BCUT2D eigenvalue weighted by Crippen LogP contribution is 2.28. The Hall–Kier alpha value is -1.24. The smallest absolute Gasteiger partial charge is 0.249 e. The Morgan fingerprint density at radius 2 is 2.47 bits per heavy atom. The van der Waals surface area contributed by atoms with Crippen molar-refractivity contribution in [3.8, 4) is 0 Å². The Morgan fingerprint density at radius 3 is 3.18 bits per heavy atom. The molecule has 0 spiro atoms. The molecule has 2 unspecified atom stereocenters. The Morgan fingerprint density at radius 1 is 1.53 bits per heavy atom. The zero-order chi connectivity index (χ0) is 11.7. The van der Waals surface area contributed by atoms with Crippen LogP contribution >= 0.6 is 11.3 Å². The van der Waals surface area contributed by atoms with Crippen molar-refractivity contribution >= 4 is 11.3 Å². The van der Waals surface area contributed by atoms with Gasteiger partial charge in [0.25, 0.3) is 0 Å². The molecule has 6 heteroatoms. The highest BCUT2D eigenvalue weighted by molar-refractivity contribution is 7.10. The van der Waals surface area contributed by atoms with E-state index in [1.807, 2.05) is 17.5 Å². The van der Waals surface area contributed by atoms with Gasteiger partial charge >= 0.3 is 0 Å². The fourth-order valence-electron chi connectivity index (χ4n) is 1.88. The summed E-state index contributed by atoms with van der Waals surface area (Å²) in [4.78, 5) is 5.35. The van der Waals surface area contributed by atoms with Gasteiger partial charge in [0.1, 0.15) is 12.1 Å². The molecule has 1 aliphatic heterocycles. The van der Waals surface area contributed by atoms with Crippen LogP contribution in [0.4, 0.5) is 0 Å². The molecule has 90 valence electrons. The number of ether oxygens (including phenoxy) is 1. The van der Waals surface area contributed by atoms with E-state index in [1.54, 1.807) is 11.3 Å². The first-order valence-electron chi connectivity index (χ1n) is 5.58. The van der Waals surface area contributed by atoms with Crippen LogP contribution in [0.15, 0.2) is 22.0 Å². The van der Waals surface area contributed by atoms with E-state index in [1.165, 1.54) is 0 Å². The van der Waals surface area contributed by atoms with Crippen LogP contribution in [-0.4, -0.2) is 16.7 Å². The number of hydrogen-bond donors (Lipinski definition) is 1. The van der Waals surface area contributed by atoms with Crippen LogP contribution in [0.1, 0.15) is 41.6 Å².